The van der Waals surface area contributed by atoms with Gasteiger partial charge in [-0.2, -0.15) is 0 Å². The van der Waals surface area contributed by atoms with Gasteiger partial charge in [-0.25, -0.2) is 4.39 Å². The van der Waals surface area contributed by atoms with Crippen LogP contribution < -0.4 is 5.73 Å². The molecule has 1 nitrogen and oxygen atoms in total. The Bertz CT molecular complexity index is 655. The van der Waals surface area contributed by atoms with Crippen molar-refractivity contribution in [3.05, 3.63) is 70.0 Å². The molecule has 1 aliphatic carbocycles. The minimum absolute atomic E-state index is 0.0220. The molecule has 0 heterocycles. The van der Waals surface area contributed by atoms with Crippen LogP contribution >= 0.6 is 11.6 Å². The van der Waals surface area contributed by atoms with Crippen LogP contribution in [0.15, 0.2) is 42.5 Å². The molecule has 3 rings (SSSR count). The van der Waals surface area contributed by atoms with E-state index in [1.807, 2.05) is 0 Å². The Morgan fingerprint density at radius 2 is 1.90 bits per heavy atom. The van der Waals surface area contributed by atoms with Gasteiger partial charge in [0.1, 0.15) is 5.82 Å². The second kappa shape index (κ2) is 5.78. The fourth-order valence-electron chi connectivity index (χ4n) is 3.35. The summed E-state index contributed by atoms with van der Waals surface area (Å²) in [5.41, 5.74) is 9.71. The van der Waals surface area contributed by atoms with Gasteiger partial charge < -0.3 is 5.73 Å². The van der Waals surface area contributed by atoms with E-state index >= 15 is 0 Å². The maximum Gasteiger partial charge on any atom is 0.123 e. The van der Waals surface area contributed by atoms with Crippen LogP contribution in [0.3, 0.4) is 0 Å². The lowest BCUT2D eigenvalue weighted by atomic mass is 9.68. The van der Waals surface area contributed by atoms with Crippen molar-refractivity contribution in [1.82, 2.24) is 0 Å². The van der Waals surface area contributed by atoms with Gasteiger partial charge in [-0.3, -0.25) is 0 Å². The van der Waals surface area contributed by atoms with Crippen LogP contribution in [0.5, 0.6) is 0 Å². The van der Waals surface area contributed by atoms with E-state index in [1.165, 1.54) is 17.2 Å². The number of fused-ring (bicyclic) bond motifs is 1. The first-order valence-corrected chi connectivity index (χ1v) is 7.70. The van der Waals surface area contributed by atoms with Crippen LogP contribution in [0, 0.1) is 11.2 Å². The van der Waals surface area contributed by atoms with Gasteiger partial charge in [-0.1, -0.05) is 35.9 Å². The second-order valence-corrected chi connectivity index (χ2v) is 6.47. The number of halogens is 2. The van der Waals surface area contributed by atoms with Crippen molar-refractivity contribution < 1.29 is 4.39 Å². The molecule has 0 spiro atoms. The van der Waals surface area contributed by atoms with E-state index in [1.54, 1.807) is 12.1 Å². The summed E-state index contributed by atoms with van der Waals surface area (Å²) in [7, 11) is 0. The summed E-state index contributed by atoms with van der Waals surface area (Å²) in [5, 5.41) is 0.628. The Balaban J connectivity index is 1.90. The Morgan fingerprint density at radius 3 is 2.67 bits per heavy atom. The zero-order valence-corrected chi connectivity index (χ0v) is 12.7. The van der Waals surface area contributed by atoms with Crippen LogP contribution in [-0.2, 0) is 19.3 Å². The van der Waals surface area contributed by atoms with E-state index in [0.717, 1.165) is 31.2 Å². The molecule has 1 atom stereocenters. The van der Waals surface area contributed by atoms with Crippen molar-refractivity contribution >= 4 is 11.6 Å². The zero-order chi connectivity index (χ0) is 14.9. The molecule has 0 saturated carbocycles. The molecular weight excluding hydrogens is 285 g/mol. The molecule has 21 heavy (non-hydrogen) atoms. The predicted molar refractivity (Wildman–Crippen MR) is 85.1 cm³/mol. The van der Waals surface area contributed by atoms with E-state index in [2.05, 4.69) is 24.3 Å². The van der Waals surface area contributed by atoms with Crippen LogP contribution in [0.25, 0.3) is 0 Å². The SMILES string of the molecule is NCC1(Cc2cc(F)ccc2Cl)CCc2ccccc2C1. The number of hydrogen-bond acceptors (Lipinski definition) is 1. The average molecular weight is 304 g/mol. The van der Waals surface area contributed by atoms with Gasteiger partial charge in [-0.15, -0.1) is 0 Å². The van der Waals surface area contributed by atoms with E-state index in [0.29, 0.717) is 11.6 Å². The van der Waals surface area contributed by atoms with Gasteiger partial charge in [0.15, 0.2) is 0 Å². The number of nitrogens with two attached hydrogens (primary N) is 1. The first-order chi connectivity index (χ1) is 10.1. The molecule has 0 fully saturated rings. The normalized spacial score (nSPS) is 21.1. The van der Waals surface area contributed by atoms with Crippen LogP contribution in [-0.4, -0.2) is 6.54 Å². The third kappa shape index (κ3) is 2.97. The number of hydrogen-bond donors (Lipinski definition) is 1. The number of rotatable bonds is 3. The molecule has 0 radical (unpaired) electrons. The van der Waals surface area contributed by atoms with E-state index in [4.69, 9.17) is 17.3 Å². The van der Waals surface area contributed by atoms with Gasteiger partial charge in [-0.05, 0) is 72.5 Å². The molecule has 1 unspecified atom stereocenters. The summed E-state index contributed by atoms with van der Waals surface area (Å²) < 4.78 is 13.5. The first-order valence-electron chi connectivity index (χ1n) is 7.33. The van der Waals surface area contributed by atoms with Gasteiger partial charge in [0.25, 0.3) is 0 Å². The fraction of sp³-hybridized carbons (Fsp3) is 0.333. The molecule has 0 bridgehead atoms. The highest BCUT2D eigenvalue weighted by atomic mass is 35.5. The lowest BCUT2D eigenvalue weighted by molar-refractivity contribution is 0.253. The van der Waals surface area contributed by atoms with Crippen molar-refractivity contribution in [3.63, 3.8) is 0 Å². The maximum absolute atomic E-state index is 13.5. The Hall–Kier alpha value is -1.38. The minimum atomic E-state index is -0.238. The monoisotopic (exact) mass is 303 g/mol. The number of benzene rings is 2. The standard InChI is InChI=1S/C18H19ClFN/c19-17-6-5-16(20)9-15(17)11-18(12-21)8-7-13-3-1-2-4-14(13)10-18/h1-6,9H,7-8,10-12,21H2. The highest BCUT2D eigenvalue weighted by Gasteiger charge is 2.33. The Labute approximate surface area is 129 Å². The largest absolute Gasteiger partial charge is 0.330 e. The van der Waals surface area contributed by atoms with Crippen molar-refractivity contribution in [1.29, 1.82) is 0 Å². The van der Waals surface area contributed by atoms with Gasteiger partial charge >= 0.3 is 0 Å². The van der Waals surface area contributed by atoms with Crippen molar-refractivity contribution in [2.24, 2.45) is 11.1 Å². The number of aryl methyl sites for hydroxylation is 1. The molecular formula is C18H19ClFN. The second-order valence-electron chi connectivity index (χ2n) is 6.06. The third-order valence-electron chi connectivity index (χ3n) is 4.61. The van der Waals surface area contributed by atoms with Crippen molar-refractivity contribution in [3.8, 4) is 0 Å². The summed E-state index contributed by atoms with van der Waals surface area (Å²) >= 11 is 6.23. The van der Waals surface area contributed by atoms with Crippen LogP contribution in [0.1, 0.15) is 23.1 Å². The highest BCUT2D eigenvalue weighted by Crippen LogP contribution is 2.39. The average Bonchev–Trinajstić information content (AvgIpc) is 2.51. The summed E-state index contributed by atoms with van der Waals surface area (Å²) in [6, 6.07) is 13.1. The Morgan fingerprint density at radius 1 is 1.14 bits per heavy atom. The van der Waals surface area contributed by atoms with Gasteiger partial charge in [0, 0.05) is 5.02 Å². The van der Waals surface area contributed by atoms with E-state index in [-0.39, 0.29) is 11.2 Å². The highest BCUT2D eigenvalue weighted by molar-refractivity contribution is 6.31. The molecule has 2 aromatic rings. The zero-order valence-electron chi connectivity index (χ0n) is 11.9. The fourth-order valence-corrected chi connectivity index (χ4v) is 3.53. The van der Waals surface area contributed by atoms with Crippen molar-refractivity contribution in [2.75, 3.05) is 6.54 Å². The molecule has 3 heteroatoms. The molecule has 2 aromatic carbocycles. The molecule has 2 N–H and O–H groups in total. The lowest BCUT2D eigenvalue weighted by Gasteiger charge is -2.38. The van der Waals surface area contributed by atoms with E-state index in [9.17, 15) is 4.39 Å². The quantitative estimate of drug-likeness (QED) is 0.905. The summed E-state index contributed by atoms with van der Waals surface area (Å²) in [5.74, 6) is -0.238. The summed E-state index contributed by atoms with van der Waals surface area (Å²) in [6.45, 7) is 0.591. The van der Waals surface area contributed by atoms with Crippen LogP contribution in [0.2, 0.25) is 5.02 Å². The molecule has 0 aliphatic heterocycles. The van der Waals surface area contributed by atoms with Gasteiger partial charge in [0.05, 0.1) is 0 Å². The molecule has 0 saturated heterocycles. The topological polar surface area (TPSA) is 26.0 Å². The molecule has 0 amide bonds. The van der Waals surface area contributed by atoms with Gasteiger partial charge in [0.2, 0.25) is 0 Å². The van der Waals surface area contributed by atoms with Crippen LogP contribution in [0.4, 0.5) is 4.39 Å². The van der Waals surface area contributed by atoms with Crippen molar-refractivity contribution in [2.45, 2.75) is 25.7 Å². The third-order valence-corrected chi connectivity index (χ3v) is 4.98. The smallest absolute Gasteiger partial charge is 0.123 e. The molecule has 0 aromatic heterocycles. The molecule has 1 aliphatic rings. The summed E-state index contributed by atoms with van der Waals surface area (Å²) in [6.07, 6.45) is 3.72. The minimum Gasteiger partial charge on any atom is -0.330 e. The lowest BCUT2D eigenvalue weighted by Crippen LogP contribution is -2.38. The molecule has 110 valence electrons. The van der Waals surface area contributed by atoms with E-state index < -0.39 is 0 Å². The maximum atomic E-state index is 13.5. The first kappa shape index (κ1) is 14.6. The predicted octanol–water partition coefficient (Wildman–Crippen LogP) is 4.16. The summed E-state index contributed by atoms with van der Waals surface area (Å²) in [4.78, 5) is 0. The Kier molecular flexibility index (Phi) is 4.01.